The Morgan fingerprint density at radius 3 is 1.48 bits per heavy atom. The van der Waals surface area contributed by atoms with Gasteiger partial charge in [0, 0.05) is 0 Å². The van der Waals surface area contributed by atoms with Gasteiger partial charge in [-0.15, -0.1) is 0 Å². The first kappa shape index (κ1) is 25.3. The summed E-state index contributed by atoms with van der Waals surface area (Å²) in [6, 6.07) is 0. The van der Waals surface area contributed by atoms with E-state index in [1.807, 2.05) is 3.59 Å². The molecule has 0 aliphatic carbocycles. The summed E-state index contributed by atoms with van der Waals surface area (Å²) in [5.74, 6) is 0. The zero-order chi connectivity index (χ0) is 18.8. The van der Waals surface area contributed by atoms with E-state index in [4.69, 9.17) is 0 Å². The first-order chi connectivity index (χ1) is 12.2. The van der Waals surface area contributed by atoms with Crippen LogP contribution in [0, 0.1) is 0 Å². The molecule has 0 aliphatic rings. The first-order valence-electron chi connectivity index (χ1n) is 11.6. The van der Waals surface area contributed by atoms with Crippen LogP contribution in [0.2, 0.25) is 13.3 Å². The Balaban J connectivity index is 5.52. The van der Waals surface area contributed by atoms with Gasteiger partial charge in [-0.3, -0.25) is 0 Å². The van der Waals surface area contributed by atoms with Crippen molar-refractivity contribution < 1.29 is 0 Å². The van der Waals surface area contributed by atoms with Crippen molar-refractivity contribution in [1.82, 2.24) is 0 Å². The van der Waals surface area contributed by atoms with Crippen molar-refractivity contribution in [2.45, 2.75) is 125 Å². The molecule has 0 aromatic rings. The normalized spacial score (nSPS) is 13.1. The van der Waals surface area contributed by atoms with E-state index >= 15 is 0 Å². The van der Waals surface area contributed by atoms with Gasteiger partial charge < -0.3 is 0 Å². The van der Waals surface area contributed by atoms with Gasteiger partial charge in [0.1, 0.15) is 0 Å². The van der Waals surface area contributed by atoms with Gasteiger partial charge in [-0.2, -0.15) is 0 Å². The van der Waals surface area contributed by atoms with Crippen molar-refractivity contribution in [3.8, 4) is 0 Å². The predicted octanol–water partition coefficient (Wildman–Crippen LogP) is 9.24. The molecule has 0 saturated heterocycles. The van der Waals surface area contributed by atoms with Crippen molar-refractivity contribution in [3.05, 3.63) is 21.8 Å². The summed E-state index contributed by atoms with van der Waals surface area (Å²) in [4.78, 5) is 0. The zero-order valence-electron chi connectivity index (χ0n) is 18.3. The van der Waals surface area contributed by atoms with Gasteiger partial charge in [-0.05, 0) is 0 Å². The molecule has 0 heterocycles. The van der Waals surface area contributed by atoms with Gasteiger partial charge in [0.15, 0.2) is 0 Å². The average molecular weight is 455 g/mol. The van der Waals surface area contributed by atoms with Gasteiger partial charge >= 0.3 is 165 Å². The molecule has 25 heavy (non-hydrogen) atoms. The van der Waals surface area contributed by atoms with E-state index < -0.39 is 18.4 Å². The third kappa shape index (κ3) is 11.6. The maximum absolute atomic E-state index is 2.71. The van der Waals surface area contributed by atoms with Crippen LogP contribution in [0.15, 0.2) is 21.8 Å². The third-order valence-corrected chi connectivity index (χ3v) is 21.4. The summed E-state index contributed by atoms with van der Waals surface area (Å²) in [6.07, 6.45) is 24.3. The Bertz CT molecular complexity index is 318. The van der Waals surface area contributed by atoms with E-state index in [1.54, 1.807) is 13.3 Å². The molecule has 0 nitrogen and oxygen atoms in total. The van der Waals surface area contributed by atoms with Gasteiger partial charge in [-0.25, -0.2) is 0 Å². The Kier molecular flexibility index (Phi) is 17.9. The number of hydrogen-bond acceptors (Lipinski definition) is 0. The molecule has 0 radical (unpaired) electrons. The molecule has 0 saturated carbocycles. The summed E-state index contributed by atoms with van der Waals surface area (Å²) in [6.45, 7) is 11.8. The predicted molar refractivity (Wildman–Crippen MR) is 121 cm³/mol. The van der Waals surface area contributed by atoms with E-state index in [9.17, 15) is 0 Å². The fraction of sp³-hybridized carbons (Fsp3) is 0.833. The van der Waals surface area contributed by atoms with Gasteiger partial charge in [0.05, 0.1) is 0 Å². The average Bonchev–Trinajstić information content (AvgIpc) is 2.63. The fourth-order valence-electron chi connectivity index (χ4n) is 3.81. The van der Waals surface area contributed by atoms with Crippen molar-refractivity contribution in [3.63, 3.8) is 0 Å². The molecule has 0 atom stereocenters. The second-order valence-corrected chi connectivity index (χ2v) is 21.2. The molecule has 0 unspecified atom stereocenters. The fourth-order valence-corrected chi connectivity index (χ4v) is 20.2. The molecule has 148 valence electrons. The maximum atomic E-state index is 2.71. The molecule has 0 aromatic carbocycles. The van der Waals surface area contributed by atoms with Crippen LogP contribution in [0.4, 0.5) is 0 Å². The molecule has 0 rings (SSSR count). The van der Waals surface area contributed by atoms with E-state index in [0.717, 1.165) is 0 Å². The first-order valence-corrected chi connectivity index (χ1v) is 19.1. The topological polar surface area (TPSA) is 0 Å². The number of unbranched alkanes of at least 4 members (excludes halogenated alkanes) is 7. The monoisotopic (exact) mass is 456 g/mol. The molecule has 0 fully saturated rings. The Morgan fingerprint density at radius 1 is 0.600 bits per heavy atom. The third-order valence-electron chi connectivity index (χ3n) is 5.58. The molecule has 0 aliphatic heterocycles. The van der Waals surface area contributed by atoms with Gasteiger partial charge in [0.25, 0.3) is 0 Å². The van der Waals surface area contributed by atoms with Crippen molar-refractivity contribution >= 4 is 18.4 Å². The van der Waals surface area contributed by atoms with Gasteiger partial charge in [0.2, 0.25) is 0 Å². The van der Waals surface area contributed by atoms with E-state index in [2.05, 4.69) is 52.8 Å². The number of allylic oxidation sites excluding steroid dienone is 4. The van der Waals surface area contributed by atoms with E-state index in [0.29, 0.717) is 0 Å². The molecular weight excluding hydrogens is 407 g/mol. The zero-order valence-corrected chi connectivity index (χ0v) is 21.2. The summed E-state index contributed by atoms with van der Waals surface area (Å²) in [7, 11) is 0. The molecule has 0 bridgehead atoms. The van der Waals surface area contributed by atoms with Crippen LogP contribution in [0.5, 0.6) is 0 Å². The molecule has 0 N–H and O–H groups in total. The molecule has 0 spiro atoms. The summed E-state index contributed by atoms with van der Waals surface area (Å²) >= 11 is -2.23. The summed E-state index contributed by atoms with van der Waals surface area (Å²) in [5, 5.41) is 0. The standard InChI is InChI=1S/C12H21.3C4H9.Sn/c1-3-5-7-9-11-12-10-8-6-4-2;3*1-3-4-2;/h9-11H,3-8H2,1-2H3;3*1,3-4H2,2H3;/b11-9+,12-10?;;;;. The number of hydrogen-bond donors (Lipinski definition) is 0. The summed E-state index contributed by atoms with van der Waals surface area (Å²) < 4.78 is 6.69. The Morgan fingerprint density at radius 2 is 1.04 bits per heavy atom. The minimum absolute atomic E-state index is 1.28. The van der Waals surface area contributed by atoms with Crippen LogP contribution < -0.4 is 0 Å². The second-order valence-electron chi connectivity index (χ2n) is 7.94. The van der Waals surface area contributed by atoms with Crippen molar-refractivity contribution in [2.75, 3.05) is 0 Å². The second kappa shape index (κ2) is 17.7. The van der Waals surface area contributed by atoms with Crippen molar-refractivity contribution in [2.24, 2.45) is 0 Å². The molecule has 0 aromatic heterocycles. The van der Waals surface area contributed by atoms with Gasteiger partial charge in [-0.1, -0.05) is 0 Å². The quantitative estimate of drug-likeness (QED) is 0.116. The summed E-state index contributed by atoms with van der Waals surface area (Å²) in [5.41, 5.74) is 0. The van der Waals surface area contributed by atoms with Crippen LogP contribution >= 0.6 is 0 Å². The van der Waals surface area contributed by atoms with Crippen LogP contribution in [-0.4, -0.2) is 18.4 Å². The van der Waals surface area contributed by atoms with Crippen LogP contribution in [-0.2, 0) is 0 Å². The Labute approximate surface area is 164 Å². The van der Waals surface area contributed by atoms with E-state index in [-0.39, 0.29) is 0 Å². The molecule has 1 heteroatoms. The molecular formula is C24H48Sn. The van der Waals surface area contributed by atoms with Crippen LogP contribution in [0.1, 0.15) is 112 Å². The number of rotatable bonds is 17. The van der Waals surface area contributed by atoms with Crippen LogP contribution in [0.25, 0.3) is 0 Å². The van der Waals surface area contributed by atoms with Crippen molar-refractivity contribution in [1.29, 1.82) is 0 Å². The van der Waals surface area contributed by atoms with E-state index in [1.165, 1.54) is 77.0 Å². The van der Waals surface area contributed by atoms with Crippen LogP contribution in [0.3, 0.4) is 0 Å². The molecule has 0 amide bonds. The minimum atomic E-state index is -2.23. The SMILES string of the molecule is CCCC/C=[C](/C=C/CCCC)[Sn]([CH2]CCC)([CH2]CCC)[CH2]CCC. The Hall–Kier alpha value is 0.279.